The third kappa shape index (κ3) is 17.9. The van der Waals surface area contributed by atoms with Crippen LogP contribution < -0.4 is 0 Å². The molecule has 17 heavy (non-hydrogen) atoms. The number of carboxylic acids is 1. The topological polar surface area (TPSA) is 96.2 Å². The van der Waals surface area contributed by atoms with Gasteiger partial charge in [0, 0.05) is 6.61 Å². The van der Waals surface area contributed by atoms with Gasteiger partial charge in [0.05, 0.1) is 26.4 Å². The smallest absolute Gasteiger partial charge is 0.332 e. The molecule has 6 heteroatoms. The molecule has 0 aliphatic heterocycles. The maximum atomic E-state index is 10.2. The van der Waals surface area contributed by atoms with Gasteiger partial charge in [-0.15, -0.1) is 0 Å². The zero-order valence-corrected chi connectivity index (χ0v) is 10.6. The van der Waals surface area contributed by atoms with E-state index in [1.165, 1.54) is 6.92 Å². The van der Waals surface area contributed by atoms with Crippen molar-refractivity contribution in [2.24, 2.45) is 0 Å². The van der Waals surface area contributed by atoms with Gasteiger partial charge in [0.15, 0.2) is 6.10 Å². The average Bonchev–Trinajstić information content (AvgIpc) is 2.30. The van der Waals surface area contributed by atoms with Crippen molar-refractivity contribution in [3.05, 3.63) is 0 Å². The summed E-state index contributed by atoms with van der Waals surface area (Å²) in [6.07, 6.45) is 1.30. The number of unbranched alkanes of at least 4 members (excludes halogenated alkanes) is 1. The SMILES string of the molecule is CCCCOC(C)C(=O)O.OCCOCCO. The van der Waals surface area contributed by atoms with Gasteiger partial charge in [-0.25, -0.2) is 4.79 Å². The van der Waals surface area contributed by atoms with E-state index in [0.29, 0.717) is 19.8 Å². The number of hydrogen-bond acceptors (Lipinski definition) is 5. The van der Waals surface area contributed by atoms with Gasteiger partial charge in [-0.05, 0) is 13.3 Å². The lowest BCUT2D eigenvalue weighted by molar-refractivity contribution is -0.149. The largest absolute Gasteiger partial charge is 0.479 e. The van der Waals surface area contributed by atoms with Crippen molar-refractivity contribution >= 4 is 5.97 Å². The molecule has 0 saturated carbocycles. The van der Waals surface area contributed by atoms with Crippen LogP contribution in [0.15, 0.2) is 0 Å². The highest BCUT2D eigenvalue weighted by molar-refractivity contribution is 5.71. The Kier molecular flexibility index (Phi) is 16.8. The first kappa shape index (κ1) is 18.7. The van der Waals surface area contributed by atoms with E-state index < -0.39 is 12.1 Å². The third-order valence-electron chi connectivity index (χ3n) is 1.68. The number of hydrogen-bond donors (Lipinski definition) is 3. The molecule has 0 spiro atoms. The molecule has 1 atom stereocenters. The molecule has 0 aromatic carbocycles. The molecule has 0 rings (SSSR count). The Hall–Kier alpha value is -0.690. The minimum atomic E-state index is -0.892. The van der Waals surface area contributed by atoms with Gasteiger partial charge in [0.2, 0.25) is 0 Å². The molecule has 0 heterocycles. The molecule has 0 aromatic heterocycles. The van der Waals surface area contributed by atoms with Crippen LogP contribution in [0.3, 0.4) is 0 Å². The summed E-state index contributed by atoms with van der Waals surface area (Å²) in [5.41, 5.74) is 0. The Labute approximate surface area is 102 Å². The molecular formula is C11H24O6. The lowest BCUT2D eigenvalue weighted by Gasteiger charge is -2.06. The molecule has 0 amide bonds. The third-order valence-corrected chi connectivity index (χ3v) is 1.68. The summed E-state index contributed by atoms with van der Waals surface area (Å²) in [6.45, 7) is 4.82. The predicted molar refractivity (Wildman–Crippen MR) is 62.9 cm³/mol. The molecule has 0 aliphatic rings. The van der Waals surface area contributed by atoms with Gasteiger partial charge in [-0.3, -0.25) is 0 Å². The fraction of sp³-hybridized carbons (Fsp3) is 0.909. The van der Waals surface area contributed by atoms with Crippen LogP contribution in [0.25, 0.3) is 0 Å². The van der Waals surface area contributed by atoms with E-state index in [1.807, 2.05) is 6.92 Å². The molecule has 6 nitrogen and oxygen atoms in total. The van der Waals surface area contributed by atoms with Gasteiger partial charge in [-0.2, -0.15) is 0 Å². The van der Waals surface area contributed by atoms with Crippen LogP contribution in [0.1, 0.15) is 26.7 Å². The molecule has 104 valence electrons. The van der Waals surface area contributed by atoms with Crippen molar-refractivity contribution in [2.75, 3.05) is 33.0 Å². The molecule has 0 bridgehead atoms. The maximum Gasteiger partial charge on any atom is 0.332 e. The number of ether oxygens (including phenoxy) is 2. The standard InChI is InChI=1S/C7H14O3.C4H10O3/c1-3-4-5-10-6(2)7(8)9;5-1-3-7-4-2-6/h6H,3-5H2,1-2H3,(H,8,9);5-6H,1-4H2. The first-order valence-corrected chi connectivity index (χ1v) is 5.74. The van der Waals surface area contributed by atoms with Crippen LogP contribution in [0.5, 0.6) is 0 Å². The summed E-state index contributed by atoms with van der Waals surface area (Å²) in [5, 5.41) is 24.5. The molecule has 0 fully saturated rings. The van der Waals surface area contributed by atoms with Crippen LogP contribution >= 0.6 is 0 Å². The minimum Gasteiger partial charge on any atom is -0.479 e. The fourth-order valence-corrected chi connectivity index (χ4v) is 0.707. The Balaban J connectivity index is 0. The summed E-state index contributed by atoms with van der Waals surface area (Å²) in [7, 11) is 0. The first-order valence-electron chi connectivity index (χ1n) is 5.74. The van der Waals surface area contributed by atoms with Crippen LogP contribution in [0.4, 0.5) is 0 Å². The number of rotatable bonds is 9. The second kappa shape index (κ2) is 15.3. The van der Waals surface area contributed by atoms with Crippen molar-refractivity contribution in [3.8, 4) is 0 Å². The second-order valence-electron chi connectivity index (χ2n) is 3.26. The highest BCUT2D eigenvalue weighted by Crippen LogP contribution is 1.94. The second-order valence-corrected chi connectivity index (χ2v) is 3.26. The minimum absolute atomic E-state index is 0.0278. The zero-order valence-electron chi connectivity index (χ0n) is 10.6. The number of aliphatic hydroxyl groups is 2. The summed E-state index contributed by atoms with van der Waals surface area (Å²) < 4.78 is 9.58. The summed E-state index contributed by atoms with van der Waals surface area (Å²) in [5.74, 6) is -0.892. The highest BCUT2D eigenvalue weighted by atomic mass is 16.5. The molecule has 0 aliphatic carbocycles. The van der Waals surface area contributed by atoms with E-state index in [2.05, 4.69) is 4.74 Å². The molecule has 0 aromatic rings. The van der Waals surface area contributed by atoms with Crippen LogP contribution in [-0.4, -0.2) is 60.4 Å². The Morgan fingerprint density at radius 2 is 1.71 bits per heavy atom. The summed E-state index contributed by atoms with van der Waals surface area (Å²) in [6, 6.07) is 0. The predicted octanol–water partition coefficient (Wildman–Crippen LogP) is 0.264. The van der Waals surface area contributed by atoms with Gasteiger partial charge in [0.1, 0.15) is 0 Å². The zero-order chi connectivity index (χ0) is 13.5. The lowest BCUT2D eigenvalue weighted by atomic mass is 10.3. The quantitative estimate of drug-likeness (QED) is 0.509. The lowest BCUT2D eigenvalue weighted by Crippen LogP contribution is -2.20. The Morgan fingerprint density at radius 1 is 1.18 bits per heavy atom. The maximum absolute atomic E-state index is 10.2. The van der Waals surface area contributed by atoms with Crippen molar-refractivity contribution in [1.29, 1.82) is 0 Å². The average molecular weight is 252 g/mol. The van der Waals surface area contributed by atoms with E-state index in [-0.39, 0.29) is 13.2 Å². The van der Waals surface area contributed by atoms with Crippen LogP contribution in [-0.2, 0) is 14.3 Å². The van der Waals surface area contributed by atoms with Gasteiger partial charge < -0.3 is 24.8 Å². The monoisotopic (exact) mass is 252 g/mol. The van der Waals surface area contributed by atoms with Crippen molar-refractivity contribution in [1.82, 2.24) is 0 Å². The van der Waals surface area contributed by atoms with Crippen molar-refractivity contribution in [3.63, 3.8) is 0 Å². The molecule has 0 saturated heterocycles. The normalized spacial score (nSPS) is 11.5. The van der Waals surface area contributed by atoms with E-state index in [1.54, 1.807) is 0 Å². The summed E-state index contributed by atoms with van der Waals surface area (Å²) >= 11 is 0. The van der Waals surface area contributed by atoms with Gasteiger partial charge >= 0.3 is 5.97 Å². The van der Waals surface area contributed by atoms with E-state index in [9.17, 15) is 4.79 Å². The van der Waals surface area contributed by atoms with Gasteiger partial charge in [0.25, 0.3) is 0 Å². The Morgan fingerprint density at radius 3 is 2.06 bits per heavy atom. The fourth-order valence-electron chi connectivity index (χ4n) is 0.707. The van der Waals surface area contributed by atoms with E-state index in [4.69, 9.17) is 20.1 Å². The number of aliphatic carboxylic acids is 1. The number of aliphatic hydroxyl groups excluding tert-OH is 2. The van der Waals surface area contributed by atoms with Crippen molar-refractivity contribution in [2.45, 2.75) is 32.8 Å². The number of carbonyl (C=O) groups is 1. The van der Waals surface area contributed by atoms with E-state index >= 15 is 0 Å². The Bertz CT molecular complexity index is 158. The highest BCUT2D eigenvalue weighted by Gasteiger charge is 2.09. The molecule has 1 unspecified atom stereocenters. The van der Waals surface area contributed by atoms with E-state index in [0.717, 1.165) is 12.8 Å². The summed E-state index contributed by atoms with van der Waals surface area (Å²) in [4.78, 5) is 10.2. The van der Waals surface area contributed by atoms with Crippen LogP contribution in [0.2, 0.25) is 0 Å². The molecule has 0 radical (unpaired) electrons. The molecular weight excluding hydrogens is 228 g/mol. The van der Waals surface area contributed by atoms with Crippen molar-refractivity contribution < 1.29 is 29.6 Å². The van der Waals surface area contributed by atoms with Gasteiger partial charge in [-0.1, -0.05) is 13.3 Å². The molecule has 3 N–H and O–H groups in total. The van der Waals surface area contributed by atoms with Crippen LogP contribution in [0, 0.1) is 0 Å². The number of carboxylic acid groups (broad SMARTS) is 1. The first-order chi connectivity index (χ1) is 8.09.